The topological polar surface area (TPSA) is 132 Å². The molecule has 11 nitrogen and oxygen atoms in total. The zero-order valence-corrected chi connectivity index (χ0v) is 22.0. The van der Waals surface area contributed by atoms with Crippen molar-refractivity contribution in [3.63, 3.8) is 0 Å². The smallest absolute Gasteiger partial charge is 0.324 e. The van der Waals surface area contributed by atoms with Crippen molar-refractivity contribution in [2.24, 2.45) is 7.05 Å². The van der Waals surface area contributed by atoms with Crippen LogP contribution in [0.25, 0.3) is 16.9 Å². The van der Waals surface area contributed by atoms with Crippen LogP contribution in [0.3, 0.4) is 0 Å². The maximum Gasteiger partial charge on any atom is 0.324 e. The molecular formula is C28H27FN8O3. The molecule has 40 heavy (non-hydrogen) atoms. The molecule has 0 saturated heterocycles. The van der Waals surface area contributed by atoms with Crippen LogP contribution in [-0.4, -0.2) is 40.7 Å². The molecule has 0 spiro atoms. The molecule has 0 aliphatic heterocycles. The van der Waals surface area contributed by atoms with Crippen LogP contribution in [0, 0.1) is 5.82 Å². The van der Waals surface area contributed by atoms with Crippen LogP contribution in [0.4, 0.5) is 20.7 Å². The molecule has 5 rings (SSSR count). The van der Waals surface area contributed by atoms with Crippen LogP contribution < -0.4 is 15.4 Å². The van der Waals surface area contributed by atoms with E-state index in [1.165, 1.54) is 18.2 Å². The number of hydrogen-bond donors (Lipinski definition) is 3. The third-order valence-corrected chi connectivity index (χ3v) is 5.93. The number of aromatic nitrogens is 6. The molecule has 0 aliphatic rings. The second kappa shape index (κ2) is 11.3. The van der Waals surface area contributed by atoms with Gasteiger partial charge in [0.15, 0.2) is 0 Å². The van der Waals surface area contributed by atoms with Gasteiger partial charge >= 0.3 is 12.0 Å². The number of ether oxygens (including phenoxy) is 1. The number of amides is 2. The van der Waals surface area contributed by atoms with Crippen LogP contribution in [0.5, 0.6) is 11.8 Å². The van der Waals surface area contributed by atoms with Crippen LogP contribution >= 0.6 is 0 Å². The van der Waals surface area contributed by atoms with Gasteiger partial charge in [0.2, 0.25) is 0 Å². The van der Waals surface area contributed by atoms with Gasteiger partial charge in [-0.25, -0.2) is 18.9 Å². The minimum absolute atomic E-state index is 0.0542. The first-order valence-electron chi connectivity index (χ1n) is 12.5. The Hall–Kier alpha value is -5.10. The molecule has 3 N–H and O–H groups in total. The van der Waals surface area contributed by atoms with Gasteiger partial charge < -0.3 is 15.2 Å². The number of carbonyl (C=O) groups excluding carboxylic acids is 1. The second-order valence-corrected chi connectivity index (χ2v) is 9.30. The molecule has 204 valence electrons. The van der Waals surface area contributed by atoms with E-state index < -0.39 is 11.8 Å². The SMILES string of the molecule is CC(C)c1cc(NC(=O)Nc2cc(Oc3nccc(-c4cnn(C)c4)n3)ccc2F)n(-c2cccc(CO)c2)n1. The van der Waals surface area contributed by atoms with E-state index in [2.05, 4.69) is 30.8 Å². The number of rotatable bonds is 8. The first kappa shape index (κ1) is 26.5. The highest BCUT2D eigenvalue weighted by Crippen LogP contribution is 2.27. The Labute approximate surface area is 229 Å². The minimum Gasteiger partial charge on any atom is -0.424 e. The largest absolute Gasteiger partial charge is 0.424 e. The molecule has 0 fully saturated rings. The fourth-order valence-corrected chi connectivity index (χ4v) is 3.90. The molecular weight excluding hydrogens is 515 g/mol. The summed E-state index contributed by atoms with van der Waals surface area (Å²) in [6.07, 6.45) is 5.03. The third kappa shape index (κ3) is 5.97. The van der Waals surface area contributed by atoms with E-state index in [-0.39, 0.29) is 30.0 Å². The third-order valence-electron chi connectivity index (χ3n) is 5.93. The number of urea groups is 1. The molecule has 0 aliphatic carbocycles. The van der Waals surface area contributed by atoms with Gasteiger partial charge in [0.05, 0.1) is 35.6 Å². The van der Waals surface area contributed by atoms with E-state index >= 15 is 0 Å². The summed E-state index contributed by atoms with van der Waals surface area (Å²) in [5.41, 5.74) is 3.40. The zero-order chi connectivity index (χ0) is 28.2. The number of aliphatic hydroxyl groups excluding tert-OH is 1. The quantitative estimate of drug-likeness (QED) is 0.244. The van der Waals surface area contributed by atoms with Crippen molar-refractivity contribution in [2.75, 3.05) is 10.6 Å². The van der Waals surface area contributed by atoms with E-state index in [4.69, 9.17) is 4.74 Å². The minimum atomic E-state index is -0.680. The number of halogens is 1. The van der Waals surface area contributed by atoms with Crippen molar-refractivity contribution in [1.29, 1.82) is 0 Å². The monoisotopic (exact) mass is 542 g/mol. The van der Waals surface area contributed by atoms with Crippen molar-refractivity contribution in [1.82, 2.24) is 29.5 Å². The maximum absolute atomic E-state index is 14.7. The molecule has 2 amide bonds. The fourth-order valence-electron chi connectivity index (χ4n) is 3.90. The fraction of sp³-hybridized carbons (Fsp3) is 0.179. The summed E-state index contributed by atoms with van der Waals surface area (Å²) in [7, 11) is 1.80. The average Bonchev–Trinajstić information content (AvgIpc) is 3.57. The van der Waals surface area contributed by atoms with E-state index in [0.717, 1.165) is 11.3 Å². The number of carbonyl (C=O) groups is 1. The first-order chi connectivity index (χ1) is 19.3. The number of hydrogen-bond acceptors (Lipinski definition) is 7. The Morgan fingerprint density at radius 3 is 2.73 bits per heavy atom. The lowest BCUT2D eigenvalue weighted by molar-refractivity contribution is 0.262. The van der Waals surface area contributed by atoms with Gasteiger partial charge in [-0.1, -0.05) is 26.0 Å². The Kier molecular flexibility index (Phi) is 7.51. The number of anilines is 2. The number of benzene rings is 2. The molecule has 0 atom stereocenters. The molecule has 2 aromatic carbocycles. The van der Waals surface area contributed by atoms with Crippen LogP contribution in [-0.2, 0) is 13.7 Å². The Morgan fingerprint density at radius 1 is 1.12 bits per heavy atom. The summed E-state index contributed by atoms with van der Waals surface area (Å²) in [6.45, 7) is 3.83. The highest BCUT2D eigenvalue weighted by molar-refractivity contribution is 5.99. The molecule has 12 heteroatoms. The maximum atomic E-state index is 14.7. The van der Waals surface area contributed by atoms with Crippen LogP contribution in [0.2, 0.25) is 0 Å². The predicted molar refractivity (Wildman–Crippen MR) is 147 cm³/mol. The highest BCUT2D eigenvalue weighted by Gasteiger charge is 2.17. The molecule has 3 heterocycles. The molecule has 0 saturated carbocycles. The van der Waals surface area contributed by atoms with Gasteiger partial charge in [0.1, 0.15) is 17.4 Å². The Balaban J connectivity index is 1.34. The normalized spacial score (nSPS) is 11.1. The summed E-state index contributed by atoms with van der Waals surface area (Å²) in [5.74, 6) is 0.0494. The standard InChI is InChI=1S/C28H27FN8O3/c1-17(2)24-13-26(37(35-24)20-6-4-5-18(11-20)16-38)34-27(39)32-25-12-21(7-8-22(25)29)40-28-30-10-9-23(33-28)19-14-31-36(3)15-19/h4-15,17,38H,16H2,1-3H3,(H2,32,34,39). The molecule has 0 unspecified atom stereocenters. The first-order valence-corrected chi connectivity index (χ1v) is 12.5. The predicted octanol–water partition coefficient (Wildman–Crippen LogP) is 5.25. The molecule has 0 bridgehead atoms. The number of aliphatic hydroxyl groups is 1. The van der Waals surface area contributed by atoms with Crippen molar-refractivity contribution in [2.45, 2.75) is 26.4 Å². The summed E-state index contributed by atoms with van der Waals surface area (Å²) in [4.78, 5) is 21.5. The summed E-state index contributed by atoms with van der Waals surface area (Å²) in [5, 5.41) is 23.5. The lowest BCUT2D eigenvalue weighted by atomic mass is 10.1. The second-order valence-electron chi connectivity index (χ2n) is 9.30. The van der Waals surface area contributed by atoms with Crippen LogP contribution in [0.15, 0.2) is 73.2 Å². The van der Waals surface area contributed by atoms with Gasteiger partial charge in [0, 0.05) is 37.1 Å². The van der Waals surface area contributed by atoms with E-state index in [1.54, 1.807) is 59.1 Å². The van der Waals surface area contributed by atoms with Gasteiger partial charge in [-0.05, 0) is 41.8 Å². The molecule has 0 radical (unpaired) electrons. The summed E-state index contributed by atoms with van der Waals surface area (Å²) >= 11 is 0. The molecule has 5 aromatic rings. The average molecular weight is 543 g/mol. The lowest BCUT2D eigenvalue weighted by Gasteiger charge is -2.12. The number of nitrogens with one attached hydrogen (secondary N) is 2. The van der Waals surface area contributed by atoms with Crippen molar-refractivity contribution in [3.8, 4) is 28.7 Å². The van der Waals surface area contributed by atoms with E-state index in [1.807, 2.05) is 26.1 Å². The van der Waals surface area contributed by atoms with E-state index in [0.29, 0.717) is 22.8 Å². The van der Waals surface area contributed by atoms with E-state index in [9.17, 15) is 14.3 Å². The van der Waals surface area contributed by atoms with Crippen LogP contribution in [0.1, 0.15) is 31.0 Å². The Bertz CT molecular complexity index is 1660. The van der Waals surface area contributed by atoms with Gasteiger partial charge in [0.25, 0.3) is 0 Å². The summed E-state index contributed by atoms with van der Waals surface area (Å²) < 4.78 is 23.6. The van der Waals surface area contributed by atoms with Crippen molar-refractivity contribution < 1.29 is 19.0 Å². The lowest BCUT2D eigenvalue weighted by Crippen LogP contribution is -2.22. The molecule has 3 aromatic heterocycles. The van der Waals surface area contributed by atoms with Crippen molar-refractivity contribution in [3.05, 3.63) is 90.3 Å². The number of aryl methyl sites for hydroxylation is 1. The zero-order valence-electron chi connectivity index (χ0n) is 22.0. The Morgan fingerprint density at radius 2 is 1.98 bits per heavy atom. The van der Waals surface area contributed by atoms with Crippen molar-refractivity contribution >= 4 is 17.5 Å². The van der Waals surface area contributed by atoms with Gasteiger partial charge in [-0.3, -0.25) is 10.00 Å². The van der Waals surface area contributed by atoms with Gasteiger partial charge in [-0.15, -0.1) is 0 Å². The summed E-state index contributed by atoms with van der Waals surface area (Å²) in [6, 6.07) is 13.9. The van der Waals surface area contributed by atoms with Gasteiger partial charge in [-0.2, -0.15) is 15.2 Å². The highest BCUT2D eigenvalue weighted by atomic mass is 19.1. The number of nitrogens with zero attached hydrogens (tertiary/aromatic N) is 6.